The molecule has 0 aliphatic heterocycles. The van der Waals surface area contributed by atoms with E-state index in [0.29, 0.717) is 17.8 Å². The van der Waals surface area contributed by atoms with E-state index >= 15 is 0 Å². The Balaban J connectivity index is 1.27. The number of hydrazone groups is 3. The monoisotopic (exact) mass is 831 g/mol. The number of aliphatic hydroxyl groups is 4. The van der Waals surface area contributed by atoms with Gasteiger partial charge in [0.15, 0.2) is 51.7 Å². The molecule has 0 unspecified atom stereocenters. The Morgan fingerprint density at radius 1 is 0.552 bits per heavy atom. The number of ketones is 3. The number of nitrogens with zero attached hydrogens (tertiary/aromatic N) is 5. The highest BCUT2D eigenvalue weighted by Gasteiger charge is 2.37. The maximum Gasteiger partial charge on any atom is 0.296 e. The number of fused-ring (bicyclic) bond motifs is 1. The number of rotatable bonds is 10. The van der Waals surface area contributed by atoms with Gasteiger partial charge in [-0.2, -0.15) is 37.3 Å². The third kappa shape index (κ3) is 8.53. The Morgan fingerprint density at radius 2 is 0.966 bits per heavy atom. The van der Waals surface area contributed by atoms with E-state index in [1.54, 1.807) is 0 Å². The van der Waals surface area contributed by atoms with Gasteiger partial charge in [-0.05, 0) is 66.2 Å². The molecule has 22 nitrogen and oxygen atoms in total. The lowest BCUT2D eigenvalue weighted by Crippen LogP contribution is -2.28. The number of carbonyl (C=O) groups excluding carboxylic acids is 3. The summed E-state index contributed by atoms with van der Waals surface area (Å²) in [6.07, 6.45) is 4.10. The Hall–Kier alpha value is -7.80. The number of nitrogens with one attached hydrogen (secondary N) is 3. The molecule has 0 aromatic heterocycles. The number of Topliss-reactive ketones (excluding diaryl/α,β-unsaturated/α-hetero) is 1. The lowest BCUT2D eigenvalue weighted by Gasteiger charge is -2.20. The SMILES string of the molecule is Nc1c(N=Nc2ccc(NN=C3C(O)=CC(=O)C=C3O)cc2)c(S(=O)(=O)O)cc2c1C(=O)/C(=N\Nc1ccc(NN=C3C(O)=CC(=O)C=C3O)cc1)C(S(=O)(=O)O)=C2. The normalized spacial score (nSPS) is 16.6. The van der Waals surface area contributed by atoms with Gasteiger partial charge < -0.3 is 26.2 Å². The average Bonchev–Trinajstić information content (AvgIpc) is 3.13. The highest BCUT2D eigenvalue weighted by Crippen LogP contribution is 2.41. The second kappa shape index (κ2) is 15.4. The summed E-state index contributed by atoms with van der Waals surface area (Å²) >= 11 is 0. The summed E-state index contributed by atoms with van der Waals surface area (Å²) in [5.74, 6) is -4.82. The molecule has 11 N–H and O–H groups in total. The first kappa shape index (κ1) is 39.9. The minimum Gasteiger partial charge on any atom is -0.505 e. The van der Waals surface area contributed by atoms with Crippen LogP contribution in [0.2, 0.25) is 0 Å². The van der Waals surface area contributed by atoms with Crippen molar-refractivity contribution in [2.24, 2.45) is 25.5 Å². The third-order valence-electron chi connectivity index (χ3n) is 7.85. The van der Waals surface area contributed by atoms with Crippen molar-refractivity contribution in [2.75, 3.05) is 22.0 Å². The molecule has 6 rings (SSSR count). The van der Waals surface area contributed by atoms with Gasteiger partial charge in [0.1, 0.15) is 15.5 Å². The molecule has 0 radical (unpaired) electrons. The fourth-order valence-corrected chi connectivity index (χ4v) is 6.51. The number of azo groups is 1. The standard InChI is InChI=1S/C34H25N9O13S2/c35-29-28-15(9-26(57(51,52)53)32(29)42-38-18-5-1-16(2-6-18)36-40-30-22(46)11-20(44)12-23(30)47)10-27(58(54,55)56)33(34(28)50)43-39-19-7-3-17(4-8-19)37-41-31-24(48)13-21(45)14-25(31)49/h1-14,36-37,39,46-49H,35H2,(H,51,52,53)(H,54,55,56)/b42-38?,43-33-. The number of anilines is 4. The molecule has 0 fully saturated rings. The Labute approximate surface area is 325 Å². The van der Waals surface area contributed by atoms with Crippen molar-refractivity contribution < 1.29 is 60.8 Å². The topological polar surface area (TPSA) is 365 Å². The highest BCUT2D eigenvalue weighted by molar-refractivity contribution is 7.91. The Kier molecular flexibility index (Phi) is 10.6. The van der Waals surface area contributed by atoms with Gasteiger partial charge >= 0.3 is 0 Å². The molecule has 0 bridgehead atoms. The van der Waals surface area contributed by atoms with Crippen LogP contribution in [0.1, 0.15) is 15.9 Å². The van der Waals surface area contributed by atoms with Crippen molar-refractivity contribution in [1.82, 2.24) is 0 Å². The maximum absolute atomic E-state index is 13.8. The van der Waals surface area contributed by atoms with Crippen LogP contribution in [-0.2, 0) is 29.8 Å². The van der Waals surface area contributed by atoms with E-state index in [-0.39, 0.29) is 28.5 Å². The summed E-state index contributed by atoms with van der Waals surface area (Å²) in [5.41, 5.74) is 10.8. The molecule has 0 saturated heterocycles. The van der Waals surface area contributed by atoms with Gasteiger partial charge in [0.25, 0.3) is 20.2 Å². The van der Waals surface area contributed by atoms with Crippen LogP contribution >= 0.6 is 0 Å². The Bertz CT molecular complexity index is 2790. The first-order chi connectivity index (χ1) is 27.3. The van der Waals surface area contributed by atoms with Crippen molar-refractivity contribution in [3.05, 3.63) is 118 Å². The van der Waals surface area contributed by atoms with Gasteiger partial charge in [0.2, 0.25) is 5.78 Å². The lowest BCUT2D eigenvalue weighted by atomic mass is 9.92. The predicted molar refractivity (Wildman–Crippen MR) is 208 cm³/mol. The molecule has 296 valence electrons. The van der Waals surface area contributed by atoms with Crippen LogP contribution in [0.4, 0.5) is 34.1 Å². The van der Waals surface area contributed by atoms with Gasteiger partial charge in [-0.25, -0.2) is 0 Å². The first-order valence-corrected chi connectivity index (χ1v) is 18.7. The number of carbonyl (C=O) groups is 3. The summed E-state index contributed by atoms with van der Waals surface area (Å²) in [4.78, 5) is 34.6. The third-order valence-corrected chi connectivity index (χ3v) is 9.58. The average molecular weight is 832 g/mol. The molecule has 24 heteroatoms. The minimum atomic E-state index is -5.21. The van der Waals surface area contributed by atoms with Crippen LogP contribution in [0.15, 0.2) is 137 Å². The lowest BCUT2D eigenvalue weighted by molar-refractivity contribution is -0.111. The number of hydrogen-bond acceptors (Lipinski definition) is 20. The van der Waals surface area contributed by atoms with Crippen molar-refractivity contribution in [1.29, 1.82) is 0 Å². The molecule has 0 amide bonds. The van der Waals surface area contributed by atoms with Crippen molar-refractivity contribution >= 4 is 94.9 Å². The van der Waals surface area contributed by atoms with Crippen molar-refractivity contribution in [2.45, 2.75) is 4.90 Å². The van der Waals surface area contributed by atoms with Crippen molar-refractivity contribution in [3.8, 4) is 0 Å². The van der Waals surface area contributed by atoms with Crippen LogP contribution in [-0.4, -0.2) is 80.9 Å². The summed E-state index contributed by atoms with van der Waals surface area (Å²) in [6.45, 7) is 0. The number of aliphatic hydroxyl groups excluding tert-OH is 4. The predicted octanol–water partition coefficient (Wildman–Crippen LogP) is 4.29. The molecule has 3 aromatic rings. The van der Waals surface area contributed by atoms with Gasteiger partial charge in [-0.15, -0.1) is 5.11 Å². The van der Waals surface area contributed by atoms with Crippen LogP contribution in [0.3, 0.4) is 0 Å². The van der Waals surface area contributed by atoms with Gasteiger partial charge in [0, 0.05) is 24.3 Å². The van der Waals surface area contributed by atoms with E-state index in [0.717, 1.165) is 24.3 Å². The largest absolute Gasteiger partial charge is 0.505 e. The first-order valence-electron chi connectivity index (χ1n) is 15.8. The number of hydrogen-bond donors (Lipinski definition) is 10. The summed E-state index contributed by atoms with van der Waals surface area (Å²) in [5, 5.41) is 58.9. The fraction of sp³-hybridized carbons (Fsp3) is 0. The van der Waals surface area contributed by atoms with Crippen LogP contribution in [0.5, 0.6) is 0 Å². The number of benzene rings is 3. The molecular weight excluding hydrogens is 807 g/mol. The molecule has 3 aliphatic rings. The van der Waals surface area contributed by atoms with E-state index < -0.39 is 98.6 Å². The van der Waals surface area contributed by atoms with Crippen LogP contribution in [0, 0.1) is 0 Å². The minimum absolute atomic E-state index is 0.0702. The smallest absolute Gasteiger partial charge is 0.296 e. The quantitative estimate of drug-likeness (QED) is 0.0447. The fourth-order valence-electron chi connectivity index (χ4n) is 5.18. The van der Waals surface area contributed by atoms with E-state index in [9.17, 15) is 60.8 Å². The second-order valence-electron chi connectivity index (χ2n) is 11.9. The number of allylic oxidation sites excluding steroid dienone is 5. The highest BCUT2D eigenvalue weighted by atomic mass is 32.2. The molecule has 0 saturated carbocycles. The Morgan fingerprint density at radius 3 is 1.38 bits per heavy atom. The van der Waals surface area contributed by atoms with Crippen molar-refractivity contribution in [3.63, 3.8) is 0 Å². The molecule has 0 heterocycles. The van der Waals surface area contributed by atoms with E-state index in [4.69, 9.17) is 5.73 Å². The number of nitrogens with two attached hydrogens (primary N) is 1. The van der Waals surface area contributed by atoms with Crippen LogP contribution in [0.25, 0.3) is 6.08 Å². The molecule has 58 heavy (non-hydrogen) atoms. The zero-order chi connectivity index (χ0) is 42.1. The summed E-state index contributed by atoms with van der Waals surface area (Å²) < 4.78 is 69.7. The second-order valence-corrected chi connectivity index (χ2v) is 14.6. The zero-order valence-electron chi connectivity index (χ0n) is 28.8. The summed E-state index contributed by atoms with van der Waals surface area (Å²) in [6, 6.07) is 11.8. The maximum atomic E-state index is 13.8. The van der Waals surface area contributed by atoms with Gasteiger partial charge in [-0.1, -0.05) is 0 Å². The van der Waals surface area contributed by atoms with Gasteiger partial charge in [-0.3, -0.25) is 39.8 Å². The van der Waals surface area contributed by atoms with E-state index in [1.165, 1.54) is 48.5 Å². The number of nitrogen functional groups attached to an aromatic ring is 1. The van der Waals surface area contributed by atoms with E-state index in [1.807, 2.05) is 0 Å². The summed E-state index contributed by atoms with van der Waals surface area (Å²) in [7, 11) is -10.4. The molecule has 3 aliphatic carbocycles. The molecule has 3 aromatic carbocycles. The molecule has 0 atom stereocenters. The van der Waals surface area contributed by atoms with Crippen LogP contribution < -0.4 is 22.0 Å². The zero-order valence-corrected chi connectivity index (χ0v) is 30.4. The molecule has 0 spiro atoms. The van der Waals surface area contributed by atoms with E-state index in [2.05, 4.69) is 41.8 Å². The van der Waals surface area contributed by atoms with Gasteiger partial charge in [0.05, 0.1) is 34.0 Å². The molecular formula is C34H25N9O13S2.